The van der Waals surface area contributed by atoms with Gasteiger partial charge in [0.1, 0.15) is 3.82 Å². The maximum absolute atomic E-state index is 12.1. The highest BCUT2D eigenvalue weighted by Gasteiger charge is 2.11. The van der Waals surface area contributed by atoms with Gasteiger partial charge in [0.15, 0.2) is 18.1 Å². The number of hydrogen-bond donors (Lipinski definition) is 2. The average Bonchev–Trinajstić information content (AvgIpc) is 3.07. The summed E-state index contributed by atoms with van der Waals surface area (Å²) in [6, 6.07) is 12.6. The largest absolute Gasteiger partial charge is 0.493 e. The lowest BCUT2D eigenvalue weighted by molar-refractivity contribution is -0.118. The molecule has 2 aromatic carbocycles. The van der Waals surface area contributed by atoms with E-state index in [2.05, 4.69) is 5.32 Å². The van der Waals surface area contributed by atoms with Crippen molar-refractivity contribution in [3.8, 4) is 22.6 Å². The maximum Gasteiger partial charge on any atom is 0.262 e. The number of carbonyl (C=O) groups is 1. The van der Waals surface area contributed by atoms with E-state index in [1.165, 1.54) is 0 Å². The summed E-state index contributed by atoms with van der Waals surface area (Å²) in [4.78, 5) is 12.1. The zero-order valence-electron chi connectivity index (χ0n) is 13.9. The number of nitrogen functional groups attached to an aromatic ring is 1. The zero-order chi connectivity index (χ0) is 18.5. The molecule has 0 aliphatic rings. The number of para-hydroxylation sites is 2. The van der Waals surface area contributed by atoms with Crippen LogP contribution in [-0.4, -0.2) is 19.6 Å². The van der Waals surface area contributed by atoms with Crippen LogP contribution in [0.4, 0.5) is 11.4 Å². The standard InChI is InChI=1S/C18H16N2O3S3/c1-22-16-8-11(12-10-25-26-18(12)24)6-7-15(16)23-9-17(21)20-14-5-3-2-4-13(14)19/h2-8,10H,9,19H2,1H3,(H,20,21). The van der Waals surface area contributed by atoms with Crippen LogP contribution in [0, 0.1) is 3.82 Å². The van der Waals surface area contributed by atoms with E-state index < -0.39 is 0 Å². The van der Waals surface area contributed by atoms with Gasteiger partial charge in [-0.25, -0.2) is 0 Å². The quantitative estimate of drug-likeness (QED) is 0.350. The third kappa shape index (κ3) is 4.21. The molecule has 3 N–H and O–H groups in total. The minimum Gasteiger partial charge on any atom is -0.493 e. The molecule has 0 radical (unpaired) electrons. The fourth-order valence-corrected chi connectivity index (χ4v) is 4.69. The molecule has 3 rings (SSSR count). The first-order valence-electron chi connectivity index (χ1n) is 7.62. The highest BCUT2D eigenvalue weighted by molar-refractivity contribution is 7.79. The molecule has 0 spiro atoms. The molecule has 1 aromatic heterocycles. The third-order valence-corrected chi connectivity index (χ3v) is 6.24. The minimum atomic E-state index is -0.304. The van der Waals surface area contributed by atoms with E-state index in [9.17, 15) is 4.79 Å². The van der Waals surface area contributed by atoms with E-state index in [1.54, 1.807) is 58.1 Å². The number of nitrogens with one attached hydrogen (secondary N) is 1. The topological polar surface area (TPSA) is 73.6 Å². The fourth-order valence-electron chi connectivity index (χ4n) is 2.29. The van der Waals surface area contributed by atoms with Crippen LogP contribution in [0.2, 0.25) is 0 Å². The van der Waals surface area contributed by atoms with E-state index in [-0.39, 0.29) is 12.5 Å². The van der Waals surface area contributed by atoms with Crippen molar-refractivity contribution in [1.82, 2.24) is 0 Å². The van der Waals surface area contributed by atoms with Crippen LogP contribution in [-0.2, 0) is 4.79 Å². The van der Waals surface area contributed by atoms with Gasteiger partial charge >= 0.3 is 0 Å². The summed E-state index contributed by atoms with van der Waals surface area (Å²) < 4.78 is 11.8. The van der Waals surface area contributed by atoms with E-state index in [4.69, 9.17) is 27.4 Å². The summed E-state index contributed by atoms with van der Waals surface area (Å²) in [5.74, 6) is 0.721. The first-order chi connectivity index (χ1) is 12.6. The smallest absolute Gasteiger partial charge is 0.262 e. The lowest BCUT2D eigenvalue weighted by Gasteiger charge is -2.12. The number of carbonyl (C=O) groups excluding carboxylic acids is 1. The number of benzene rings is 2. The second kappa shape index (κ2) is 8.31. The fraction of sp³-hybridized carbons (Fsp3) is 0.111. The van der Waals surface area contributed by atoms with Gasteiger partial charge in [-0.15, -0.1) is 0 Å². The van der Waals surface area contributed by atoms with Crippen molar-refractivity contribution in [2.24, 2.45) is 0 Å². The van der Waals surface area contributed by atoms with Gasteiger partial charge in [0.2, 0.25) is 0 Å². The monoisotopic (exact) mass is 404 g/mol. The molecule has 1 heterocycles. The number of anilines is 2. The molecular formula is C18H16N2O3S3. The molecule has 0 unspecified atom stereocenters. The molecule has 26 heavy (non-hydrogen) atoms. The Labute approximate surface area is 163 Å². The van der Waals surface area contributed by atoms with Crippen LogP contribution >= 0.6 is 32.9 Å². The Morgan fingerprint density at radius 2 is 2.04 bits per heavy atom. The summed E-state index contributed by atoms with van der Waals surface area (Å²) >= 11 is 5.33. The second-order valence-corrected chi connectivity index (χ2v) is 8.04. The van der Waals surface area contributed by atoms with Crippen molar-refractivity contribution in [2.75, 3.05) is 24.8 Å². The lowest BCUT2D eigenvalue weighted by Crippen LogP contribution is -2.20. The van der Waals surface area contributed by atoms with Gasteiger partial charge in [-0.05, 0) is 29.8 Å². The first kappa shape index (κ1) is 18.4. The van der Waals surface area contributed by atoms with Crippen LogP contribution in [0.15, 0.2) is 47.8 Å². The zero-order valence-corrected chi connectivity index (χ0v) is 16.3. The number of rotatable bonds is 6. The summed E-state index contributed by atoms with van der Waals surface area (Å²) in [6.07, 6.45) is 0. The van der Waals surface area contributed by atoms with Gasteiger partial charge < -0.3 is 20.5 Å². The Balaban J connectivity index is 1.70. The SMILES string of the molecule is COc1cc(-c2cssc2=S)ccc1OCC(=O)Nc1ccccc1N. The summed E-state index contributed by atoms with van der Waals surface area (Å²) in [6.45, 7) is -0.156. The molecular weight excluding hydrogens is 388 g/mol. The van der Waals surface area contributed by atoms with Crippen molar-refractivity contribution in [1.29, 1.82) is 0 Å². The van der Waals surface area contributed by atoms with Crippen LogP contribution in [0.1, 0.15) is 0 Å². The van der Waals surface area contributed by atoms with Crippen molar-refractivity contribution in [2.45, 2.75) is 0 Å². The van der Waals surface area contributed by atoms with Crippen molar-refractivity contribution >= 4 is 50.2 Å². The van der Waals surface area contributed by atoms with Gasteiger partial charge in [-0.3, -0.25) is 4.79 Å². The Hall–Kier alpha value is -2.42. The van der Waals surface area contributed by atoms with E-state index in [0.717, 1.165) is 15.0 Å². The Kier molecular flexibility index (Phi) is 5.87. The Morgan fingerprint density at radius 3 is 2.73 bits per heavy atom. The maximum atomic E-state index is 12.1. The molecule has 3 aromatic rings. The van der Waals surface area contributed by atoms with Crippen LogP contribution < -0.4 is 20.5 Å². The number of nitrogens with two attached hydrogens (primary N) is 1. The van der Waals surface area contributed by atoms with E-state index >= 15 is 0 Å². The van der Waals surface area contributed by atoms with Gasteiger partial charge in [0, 0.05) is 10.9 Å². The lowest BCUT2D eigenvalue weighted by atomic mass is 10.1. The van der Waals surface area contributed by atoms with Gasteiger partial charge in [0.25, 0.3) is 5.91 Å². The molecule has 0 aliphatic carbocycles. The molecule has 8 heteroatoms. The Bertz CT molecular complexity index is 982. The van der Waals surface area contributed by atoms with Crippen LogP contribution in [0.5, 0.6) is 11.5 Å². The molecule has 0 atom stereocenters. The molecule has 134 valence electrons. The van der Waals surface area contributed by atoms with Crippen molar-refractivity contribution in [3.05, 3.63) is 51.7 Å². The van der Waals surface area contributed by atoms with Crippen LogP contribution in [0.25, 0.3) is 11.1 Å². The molecule has 0 saturated heterocycles. The number of amides is 1. The van der Waals surface area contributed by atoms with Crippen molar-refractivity contribution < 1.29 is 14.3 Å². The number of ether oxygens (including phenoxy) is 2. The predicted octanol–water partition coefficient (Wildman–Crippen LogP) is 4.81. The molecule has 0 aliphatic heterocycles. The van der Waals surface area contributed by atoms with E-state index in [0.29, 0.717) is 22.9 Å². The second-order valence-electron chi connectivity index (χ2n) is 5.29. The normalized spacial score (nSPS) is 10.3. The van der Waals surface area contributed by atoms with Gasteiger partial charge in [-0.2, -0.15) is 0 Å². The number of methoxy groups -OCH3 is 1. The summed E-state index contributed by atoms with van der Waals surface area (Å²) in [5, 5.41) is 4.73. The molecule has 0 fully saturated rings. The summed E-state index contributed by atoms with van der Waals surface area (Å²) in [5.41, 5.74) is 8.82. The van der Waals surface area contributed by atoms with Crippen LogP contribution in [0.3, 0.4) is 0 Å². The summed E-state index contributed by atoms with van der Waals surface area (Å²) in [7, 11) is 4.71. The average molecular weight is 405 g/mol. The first-order valence-corrected chi connectivity index (χ1v) is 10.2. The molecule has 1 amide bonds. The third-order valence-electron chi connectivity index (χ3n) is 3.58. The van der Waals surface area contributed by atoms with Gasteiger partial charge in [-0.1, -0.05) is 51.1 Å². The predicted molar refractivity (Wildman–Crippen MR) is 110 cm³/mol. The molecule has 5 nitrogen and oxygen atoms in total. The highest BCUT2D eigenvalue weighted by atomic mass is 32.9. The molecule has 0 saturated carbocycles. The van der Waals surface area contributed by atoms with Gasteiger partial charge in [0.05, 0.1) is 18.5 Å². The Morgan fingerprint density at radius 1 is 1.23 bits per heavy atom. The number of hydrogen-bond acceptors (Lipinski definition) is 7. The minimum absolute atomic E-state index is 0.156. The van der Waals surface area contributed by atoms with E-state index in [1.807, 2.05) is 17.5 Å². The molecule has 0 bridgehead atoms. The van der Waals surface area contributed by atoms with Crippen molar-refractivity contribution in [3.63, 3.8) is 0 Å². The highest BCUT2D eigenvalue weighted by Crippen LogP contribution is 2.35.